The molecule has 348 valence electrons. The predicted molar refractivity (Wildman–Crippen MR) is 287 cm³/mol. The van der Waals surface area contributed by atoms with Gasteiger partial charge in [0.2, 0.25) is 0 Å². The monoisotopic (exact) mass is 995 g/mol. The van der Waals surface area contributed by atoms with Gasteiger partial charge in [-0.05, 0) is 91.9 Å². The van der Waals surface area contributed by atoms with Crippen molar-refractivity contribution in [2.45, 2.75) is 158 Å². The fourth-order valence-electron chi connectivity index (χ4n) is 8.24. The van der Waals surface area contributed by atoms with Gasteiger partial charge >= 0.3 is 27.3 Å². The largest absolute Gasteiger partial charge is 2.00 e. The molecule has 7 heteroatoms. The molecule has 6 nitrogen and oxygen atoms in total. The SMILES string of the molecule is CC(C)c1cccc(C(C)C)c1N=Cc1ccc(C=Nc2c(C(C)C)cccc2C(C)C)[n-]1.CC(C)c1cccc(C(C)C)c1N=Cc1ccc(C=Nc2c(C(C)C)cccc2C(C)C)[n-]1.[Cd+2]. The first-order chi connectivity index (χ1) is 31.4. The minimum atomic E-state index is 0. The number of nitrogens with zero attached hydrogens (tertiary/aromatic N) is 6. The molecule has 0 fully saturated rings. The minimum absolute atomic E-state index is 0. The first-order valence-corrected chi connectivity index (χ1v) is 24.3. The Bertz CT molecular complexity index is 2160. The van der Waals surface area contributed by atoms with E-state index in [9.17, 15) is 0 Å². The number of hydrogen-bond donors (Lipinski definition) is 0. The zero-order valence-electron chi connectivity index (χ0n) is 43.6. The molecular weight excluding hydrogens is 917 g/mol. The second kappa shape index (κ2) is 25.4. The molecule has 0 saturated heterocycles. The Balaban J connectivity index is 0.000000288. The average molecular weight is 994 g/mol. The molecule has 6 rings (SSSR count). The second-order valence-electron chi connectivity index (χ2n) is 20.0. The van der Waals surface area contributed by atoms with Crippen molar-refractivity contribution in [2.75, 3.05) is 0 Å². The number of aromatic nitrogens is 2. The van der Waals surface area contributed by atoms with Crippen LogP contribution in [0.5, 0.6) is 0 Å². The zero-order valence-corrected chi connectivity index (χ0v) is 47.6. The van der Waals surface area contributed by atoms with E-state index in [0.717, 1.165) is 45.5 Å². The van der Waals surface area contributed by atoms with E-state index in [4.69, 9.17) is 29.9 Å². The molecular formula is C60H76CdN6. The van der Waals surface area contributed by atoms with Gasteiger partial charge in [0.25, 0.3) is 0 Å². The van der Waals surface area contributed by atoms with Crippen LogP contribution >= 0.6 is 0 Å². The molecule has 0 aliphatic heterocycles. The Labute approximate surface area is 424 Å². The summed E-state index contributed by atoms with van der Waals surface area (Å²) in [6.45, 7) is 35.5. The van der Waals surface area contributed by atoms with Crippen LogP contribution in [0.25, 0.3) is 0 Å². The van der Waals surface area contributed by atoms with Crippen molar-refractivity contribution in [3.8, 4) is 0 Å². The van der Waals surface area contributed by atoms with Crippen molar-refractivity contribution in [1.29, 1.82) is 0 Å². The van der Waals surface area contributed by atoms with Gasteiger partial charge in [-0.15, -0.1) is 22.8 Å². The van der Waals surface area contributed by atoms with Crippen LogP contribution in [0.4, 0.5) is 22.7 Å². The normalized spacial score (nSPS) is 12.3. The molecule has 6 aromatic rings. The van der Waals surface area contributed by atoms with E-state index in [0.29, 0.717) is 47.3 Å². The van der Waals surface area contributed by atoms with Gasteiger partial charge in [-0.25, -0.2) is 0 Å². The van der Waals surface area contributed by atoms with Gasteiger partial charge < -0.3 is 9.97 Å². The van der Waals surface area contributed by atoms with Crippen molar-refractivity contribution >= 4 is 47.6 Å². The smallest absolute Gasteiger partial charge is 0.655 e. The molecule has 0 unspecified atom stereocenters. The molecule has 0 radical (unpaired) electrons. The molecule has 0 N–H and O–H groups in total. The molecule has 67 heavy (non-hydrogen) atoms. The molecule has 2 aromatic heterocycles. The summed E-state index contributed by atoms with van der Waals surface area (Å²) in [5.74, 6) is 3.35. The molecule has 0 aliphatic rings. The first-order valence-electron chi connectivity index (χ1n) is 24.3. The maximum absolute atomic E-state index is 4.89. The Kier molecular flexibility index (Phi) is 20.7. The molecule has 0 spiro atoms. The van der Waals surface area contributed by atoms with Crippen molar-refractivity contribution in [1.82, 2.24) is 9.97 Å². The summed E-state index contributed by atoms with van der Waals surface area (Å²) in [5.41, 5.74) is 17.9. The van der Waals surface area contributed by atoms with Crippen molar-refractivity contribution < 1.29 is 27.3 Å². The van der Waals surface area contributed by atoms with E-state index >= 15 is 0 Å². The summed E-state index contributed by atoms with van der Waals surface area (Å²) >= 11 is 0. The zero-order chi connectivity index (χ0) is 48.2. The molecule has 0 saturated carbocycles. The van der Waals surface area contributed by atoms with Crippen molar-refractivity contribution in [3.63, 3.8) is 0 Å². The molecule has 4 aromatic carbocycles. The van der Waals surface area contributed by atoms with Gasteiger partial charge in [0, 0.05) is 24.9 Å². The Morgan fingerprint density at radius 3 is 0.552 bits per heavy atom. The van der Waals surface area contributed by atoms with Crippen LogP contribution in [0.1, 0.15) is 225 Å². The van der Waals surface area contributed by atoms with E-state index < -0.39 is 0 Å². The number of rotatable bonds is 16. The van der Waals surface area contributed by atoms with Crippen LogP contribution in [0.15, 0.2) is 117 Å². The van der Waals surface area contributed by atoms with E-state index in [-0.39, 0.29) is 27.3 Å². The van der Waals surface area contributed by atoms with Crippen LogP contribution in [-0.4, -0.2) is 24.9 Å². The van der Waals surface area contributed by atoms with Crippen molar-refractivity contribution in [2.24, 2.45) is 20.0 Å². The van der Waals surface area contributed by atoms with Crippen LogP contribution in [0, 0.1) is 0 Å². The van der Waals surface area contributed by atoms with E-state index in [1.165, 1.54) is 44.5 Å². The Hall–Kier alpha value is -4.96. The second-order valence-corrected chi connectivity index (χ2v) is 20.0. The topological polar surface area (TPSA) is 77.6 Å². The maximum atomic E-state index is 4.89. The van der Waals surface area contributed by atoms with E-state index in [1.807, 2.05) is 49.1 Å². The molecule has 0 aliphatic carbocycles. The van der Waals surface area contributed by atoms with Gasteiger partial charge in [0.05, 0.1) is 22.7 Å². The maximum Gasteiger partial charge on any atom is 2.00 e. The van der Waals surface area contributed by atoms with Gasteiger partial charge in [0.1, 0.15) is 0 Å². The minimum Gasteiger partial charge on any atom is -0.655 e. The summed E-state index contributed by atoms with van der Waals surface area (Å²) in [6, 6.07) is 34.0. The van der Waals surface area contributed by atoms with E-state index in [1.54, 1.807) is 0 Å². The summed E-state index contributed by atoms with van der Waals surface area (Å²) in [6.07, 6.45) is 7.52. The standard InChI is InChI=1S/2C30H38N3.Cd/c2*1-19(2)25-11-9-12-26(20(3)4)29(25)31-17-23-15-16-24(33-23)18-32-30-27(21(5)6)13-10-14-28(30)22(7)8;/h2*9-22H,1-8H3;/q2*-1;+2. The molecule has 0 atom stereocenters. The number of hydrogen-bond acceptors (Lipinski definition) is 4. The van der Waals surface area contributed by atoms with Gasteiger partial charge in [-0.3, -0.25) is 20.0 Å². The van der Waals surface area contributed by atoms with Crippen LogP contribution in [0.2, 0.25) is 0 Å². The number of benzene rings is 4. The van der Waals surface area contributed by atoms with Crippen LogP contribution < -0.4 is 9.97 Å². The fraction of sp³-hybridized carbons (Fsp3) is 0.400. The summed E-state index contributed by atoms with van der Waals surface area (Å²) in [5, 5.41) is 0. The van der Waals surface area contributed by atoms with Crippen molar-refractivity contribution in [3.05, 3.63) is 164 Å². The molecule has 0 bridgehead atoms. The number of aliphatic imine (C=N–C) groups is 4. The quantitative estimate of drug-likeness (QED) is 0.0715. The van der Waals surface area contributed by atoms with Gasteiger partial charge in [-0.2, -0.15) is 0 Å². The number of para-hydroxylation sites is 4. The predicted octanol–water partition coefficient (Wildman–Crippen LogP) is 17.3. The Morgan fingerprint density at radius 2 is 0.418 bits per heavy atom. The first kappa shape index (κ1) is 54.6. The summed E-state index contributed by atoms with van der Waals surface area (Å²) in [4.78, 5) is 29.1. The van der Waals surface area contributed by atoms with Crippen LogP contribution in [0.3, 0.4) is 0 Å². The van der Waals surface area contributed by atoms with Gasteiger partial charge in [-0.1, -0.05) is 208 Å². The third-order valence-electron chi connectivity index (χ3n) is 12.0. The molecule has 2 heterocycles. The van der Waals surface area contributed by atoms with Gasteiger partial charge in [0.15, 0.2) is 0 Å². The fourth-order valence-corrected chi connectivity index (χ4v) is 8.24. The van der Waals surface area contributed by atoms with Crippen LogP contribution in [-0.2, 0) is 27.3 Å². The Morgan fingerprint density at radius 1 is 0.269 bits per heavy atom. The van der Waals surface area contributed by atoms with E-state index in [2.05, 4.69) is 184 Å². The average Bonchev–Trinajstić information content (AvgIpc) is 3.94. The molecule has 0 amide bonds. The summed E-state index contributed by atoms with van der Waals surface area (Å²) in [7, 11) is 0. The summed E-state index contributed by atoms with van der Waals surface area (Å²) < 4.78 is 0. The third-order valence-corrected chi connectivity index (χ3v) is 12.0. The third kappa shape index (κ3) is 14.5.